The molecule has 2 N–H and O–H groups in total. The van der Waals surface area contributed by atoms with Crippen LogP contribution >= 0.6 is 0 Å². The standard InChI is InChI=1S/C11H20N2O3/c1-11(2,3)16-10(15)13-5-7-4-9(13)8(6-14)12-7/h7-9,12,14H,4-6H2,1-3H3/t7-,8+,9-/m0/s1. The number of carbonyl (C=O) groups is 1. The van der Waals surface area contributed by atoms with Crippen LogP contribution in [0.15, 0.2) is 0 Å². The van der Waals surface area contributed by atoms with Gasteiger partial charge in [0.25, 0.3) is 0 Å². The summed E-state index contributed by atoms with van der Waals surface area (Å²) in [5, 5.41) is 12.5. The lowest BCUT2D eigenvalue weighted by atomic mass is 10.1. The lowest BCUT2D eigenvalue weighted by Crippen LogP contribution is -2.55. The van der Waals surface area contributed by atoms with E-state index < -0.39 is 5.60 Å². The van der Waals surface area contributed by atoms with E-state index in [1.165, 1.54) is 0 Å². The van der Waals surface area contributed by atoms with Crippen LogP contribution in [0, 0.1) is 0 Å². The third-order valence-corrected chi connectivity index (χ3v) is 3.08. The first-order valence-corrected chi connectivity index (χ1v) is 5.77. The Labute approximate surface area is 95.8 Å². The topological polar surface area (TPSA) is 61.8 Å². The van der Waals surface area contributed by atoms with Gasteiger partial charge in [0.15, 0.2) is 0 Å². The molecule has 3 atom stereocenters. The van der Waals surface area contributed by atoms with Gasteiger partial charge in [-0.1, -0.05) is 0 Å². The van der Waals surface area contributed by atoms with Gasteiger partial charge in [-0.15, -0.1) is 0 Å². The van der Waals surface area contributed by atoms with Crippen molar-refractivity contribution in [2.45, 2.75) is 50.9 Å². The number of rotatable bonds is 1. The van der Waals surface area contributed by atoms with Gasteiger partial charge in [-0.05, 0) is 27.2 Å². The highest BCUT2D eigenvalue weighted by atomic mass is 16.6. The molecule has 5 heteroatoms. The smallest absolute Gasteiger partial charge is 0.410 e. The summed E-state index contributed by atoms with van der Waals surface area (Å²) in [5.74, 6) is 0. The van der Waals surface area contributed by atoms with Gasteiger partial charge in [0.2, 0.25) is 0 Å². The molecule has 92 valence electrons. The molecule has 0 aliphatic carbocycles. The Morgan fingerprint density at radius 2 is 2.25 bits per heavy atom. The number of piperazine rings is 1. The molecule has 0 saturated carbocycles. The molecule has 2 bridgehead atoms. The molecule has 5 nitrogen and oxygen atoms in total. The zero-order valence-corrected chi connectivity index (χ0v) is 10.1. The number of hydrogen-bond acceptors (Lipinski definition) is 4. The Morgan fingerprint density at radius 1 is 1.56 bits per heavy atom. The molecule has 2 aliphatic rings. The van der Waals surface area contributed by atoms with E-state index in [0.29, 0.717) is 12.6 Å². The molecule has 0 radical (unpaired) electrons. The third-order valence-electron chi connectivity index (χ3n) is 3.08. The maximum absolute atomic E-state index is 11.9. The molecule has 0 spiro atoms. The number of nitrogens with zero attached hydrogens (tertiary/aromatic N) is 1. The van der Waals surface area contributed by atoms with Crippen LogP contribution in [0.3, 0.4) is 0 Å². The molecule has 2 aliphatic heterocycles. The molecular weight excluding hydrogens is 208 g/mol. The number of nitrogens with one attached hydrogen (secondary N) is 1. The number of aliphatic hydroxyl groups is 1. The maximum Gasteiger partial charge on any atom is 0.410 e. The highest BCUT2D eigenvalue weighted by Crippen LogP contribution is 2.29. The Morgan fingerprint density at radius 3 is 2.75 bits per heavy atom. The first-order chi connectivity index (χ1) is 7.40. The average Bonchev–Trinajstić information content (AvgIpc) is 2.72. The van der Waals surface area contributed by atoms with Crippen molar-refractivity contribution in [3.63, 3.8) is 0 Å². The van der Waals surface area contributed by atoms with Crippen LogP contribution in [0.4, 0.5) is 4.79 Å². The van der Waals surface area contributed by atoms with Crippen LogP contribution in [-0.2, 0) is 4.74 Å². The van der Waals surface area contributed by atoms with Crippen LogP contribution < -0.4 is 5.32 Å². The van der Waals surface area contributed by atoms with E-state index in [0.717, 1.165) is 6.42 Å². The van der Waals surface area contributed by atoms with Gasteiger partial charge in [0.1, 0.15) is 5.60 Å². The van der Waals surface area contributed by atoms with Crippen LogP contribution in [0.25, 0.3) is 0 Å². The largest absolute Gasteiger partial charge is 0.444 e. The third kappa shape index (κ3) is 2.15. The fraction of sp³-hybridized carbons (Fsp3) is 0.909. The molecule has 2 rings (SSSR count). The minimum atomic E-state index is -0.457. The summed E-state index contributed by atoms with van der Waals surface area (Å²) in [6.45, 7) is 6.35. The SMILES string of the molecule is CC(C)(C)OC(=O)N1C[C@@H]2C[C@H]1[C@@H](CO)N2. The molecule has 0 aromatic carbocycles. The zero-order valence-electron chi connectivity index (χ0n) is 10.1. The first kappa shape index (κ1) is 11.7. The van der Waals surface area contributed by atoms with Gasteiger partial charge in [0, 0.05) is 12.6 Å². The lowest BCUT2D eigenvalue weighted by molar-refractivity contribution is 0.0140. The van der Waals surface area contributed by atoms with Gasteiger partial charge in [0.05, 0.1) is 18.7 Å². The minimum Gasteiger partial charge on any atom is -0.444 e. The van der Waals surface area contributed by atoms with Gasteiger partial charge < -0.3 is 20.1 Å². The fourth-order valence-electron chi connectivity index (χ4n) is 2.49. The molecule has 2 heterocycles. The van der Waals surface area contributed by atoms with Crippen molar-refractivity contribution >= 4 is 6.09 Å². The van der Waals surface area contributed by atoms with E-state index in [2.05, 4.69) is 5.32 Å². The summed E-state index contributed by atoms with van der Waals surface area (Å²) < 4.78 is 5.34. The molecule has 0 aromatic rings. The number of likely N-dealkylation sites (tertiary alicyclic amines) is 1. The molecule has 16 heavy (non-hydrogen) atoms. The Hall–Kier alpha value is -0.810. The predicted octanol–water partition coefficient (Wildman–Crippen LogP) is 0.329. The minimum absolute atomic E-state index is 0.00580. The van der Waals surface area contributed by atoms with Crippen molar-refractivity contribution in [2.75, 3.05) is 13.2 Å². The summed E-state index contributed by atoms with van der Waals surface area (Å²) in [7, 11) is 0. The highest BCUT2D eigenvalue weighted by molar-refractivity contribution is 5.69. The molecule has 0 unspecified atom stereocenters. The quantitative estimate of drug-likeness (QED) is 0.679. The van der Waals surface area contributed by atoms with E-state index >= 15 is 0 Å². The van der Waals surface area contributed by atoms with Crippen molar-refractivity contribution in [1.29, 1.82) is 0 Å². The predicted molar refractivity (Wildman–Crippen MR) is 59.1 cm³/mol. The summed E-state index contributed by atoms with van der Waals surface area (Å²) in [6, 6.07) is 0.408. The van der Waals surface area contributed by atoms with Crippen molar-refractivity contribution in [1.82, 2.24) is 10.2 Å². The summed E-state index contributed by atoms with van der Waals surface area (Å²) in [6.07, 6.45) is 0.657. The van der Waals surface area contributed by atoms with Crippen LogP contribution in [0.5, 0.6) is 0 Å². The Bertz CT molecular complexity index is 287. The number of carbonyl (C=O) groups excluding carboxylic acids is 1. The summed E-state index contributed by atoms with van der Waals surface area (Å²) in [5.41, 5.74) is -0.457. The van der Waals surface area contributed by atoms with Crippen molar-refractivity contribution in [3.8, 4) is 0 Å². The molecule has 2 saturated heterocycles. The van der Waals surface area contributed by atoms with Gasteiger partial charge in [-0.3, -0.25) is 0 Å². The van der Waals surface area contributed by atoms with Gasteiger partial charge in [-0.2, -0.15) is 0 Å². The molecule has 2 fully saturated rings. The maximum atomic E-state index is 11.9. The van der Waals surface area contributed by atoms with Gasteiger partial charge in [-0.25, -0.2) is 4.79 Å². The van der Waals surface area contributed by atoms with E-state index in [1.54, 1.807) is 4.90 Å². The zero-order chi connectivity index (χ0) is 11.9. The fourth-order valence-corrected chi connectivity index (χ4v) is 2.49. The van der Waals surface area contributed by atoms with Crippen LogP contribution in [0.1, 0.15) is 27.2 Å². The lowest BCUT2D eigenvalue weighted by Gasteiger charge is -2.34. The summed E-state index contributed by atoms with van der Waals surface area (Å²) >= 11 is 0. The Kier molecular flexibility index (Phi) is 2.84. The van der Waals surface area contributed by atoms with E-state index in [1.807, 2.05) is 20.8 Å². The van der Waals surface area contributed by atoms with Crippen molar-refractivity contribution in [2.24, 2.45) is 0 Å². The molecule has 1 amide bonds. The van der Waals surface area contributed by atoms with Crippen molar-refractivity contribution < 1.29 is 14.6 Å². The van der Waals surface area contributed by atoms with E-state index in [9.17, 15) is 9.90 Å². The number of fused-ring (bicyclic) bond motifs is 2. The molecule has 0 aromatic heterocycles. The van der Waals surface area contributed by atoms with Crippen molar-refractivity contribution in [3.05, 3.63) is 0 Å². The second-order valence-corrected chi connectivity index (χ2v) is 5.59. The normalized spacial score (nSPS) is 33.2. The van der Waals surface area contributed by atoms with Crippen LogP contribution in [-0.4, -0.2) is 53.0 Å². The van der Waals surface area contributed by atoms with E-state index in [4.69, 9.17) is 4.74 Å². The number of aliphatic hydroxyl groups excluding tert-OH is 1. The van der Waals surface area contributed by atoms with Crippen LogP contribution in [0.2, 0.25) is 0 Å². The number of amides is 1. The number of ether oxygens (including phenoxy) is 1. The van der Waals surface area contributed by atoms with E-state index in [-0.39, 0.29) is 24.8 Å². The number of hydrogen-bond donors (Lipinski definition) is 2. The average molecular weight is 228 g/mol. The van der Waals surface area contributed by atoms with Gasteiger partial charge >= 0.3 is 6.09 Å². The molecular formula is C11H20N2O3. The summed E-state index contributed by atoms with van der Waals surface area (Å²) in [4.78, 5) is 13.6. The Balaban J connectivity index is 1.99. The second-order valence-electron chi connectivity index (χ2n) is 5.59. The second kappa shape index (κ2) is 3.89. The highest BCUT2D eigenvalue weighted by Gasteiger charge is 2.47. The monoisotopic (exact) mass is 228 g/mol. The first-order valence-electron chi connectivity index (χ1n) is 5.77.